The summed E-state index contributed by atoms with van der Waals surface area (Å²) in [4.78, 5) is 31.0. The second kappa shape index (κ2) is 4.25. The van der Waals surface area contributed by atoms with E-state index in [4.69, 9.17) is 0 Å². The van der Waals surface area contributed by atoms with Crippen molar-refractivity contribution in [2.24, 2.45) is 4.99 Å². The molecule has 0 bridgehead atoms. The molecule has 5 heteroatoms. The van der Waals surface area contributed by atoms with Gasteiger partial charge in [0.15, 0.2) is 0 Å². The number of nitrogens with zero attached hydrogens (tertiary/aromatic N) is 3. The molecule has 18 heavy (non-hydrogen) atoms. The van der Waals surface area contributed by atoms with Crippen LogP contribution in [0.25, 0.3) is 0 Å². The fourth-order valence-corrected chi connectivity index (χ4v) is 2.23. The third kappa shape index (κ3) is 1.77. The smallest absolute Gasteiger partial charge is 0.249 e. The van der Waals surface area contributed by atoms with Gasteiger partial charge in [0.25, 0.3) is 0 Å². The van der Waals surface area contributed by atoms with Gasteiger partial charge in [0.2, 0.25) is 17.8 Å². The van der Waals surface area contributed by atoms with E-state index in [1.165, 1.54) is 4.90 Å². The van der Waals surface area contributed by atoms with E-state index in [9.17, 15) is 9.59 Å². The summed E-state index contributed by atoms with van der Waals surface area (Å²) in [5, 5.41) is 0. The molecular formula is C13H13N3O2. The van der Waals surface area contributed by atoms with E-state index in [2.05, 4.69) is 4.99 Å². The summed E-state index contributed by atoms with van der Waals surface area (Å²) >= 11 is 0. The normalized spacial score (nSPS) is 19.0. The minimum atomic E-state index is -0.0622. The molecule has 0 unspecified atom stereocenters. The van der Waals surface area contributed by atoms with Crippen molar-refractivity contribution in [3.05, 3.63) is 35.9 Å². The highest BCUT2D eigenvalue weighted by Gasteiger charge is 2.39. The van der Waals surface area contributed by atoms with Crippen molar-refractivity contribution in [3.8, 4) is 0 Å². The van der Waals surface area contributed by atoms with Crippen LogP contribution in [0.4, 0.5) is 0 Å². The van der Waals surface area contributed by atoms with Crippen LogP contribution in [0.2, 0.25) is 0 Å². The SMILES string of the molecule is O=C1CCN=C2N1CC(=O)N2Cc1ccccc1. The molecule has 2 heterocycles. The van der Waals surface area contributed by atoms with Crippen molar-refractivity contribution >= 4 is 17.8 Å². The Hall–Kier alpha value is -2.17. The lowest BCUT2D eigenvalue weighted by Gasteiger charge is -2.23. The van der Waals surface area contributed by atoms with Gasteiger partial charge in [-0.05, 0) is 5.56 Å². The first kappa shape index (κ1) is 11.0. The molecule has 0 aromatic heterocycles. The average Bonchev–Trinajstić information content (AvgIpc) is 2.70. The van der Waals surface area contributed by atoms with Crippen LogP contribution in [0.3, 0.4) is 0 Å². The van der Waals surface area contributed by atoms with Gasteiger partial charge >= 0.3 is 0 Å². The average molecular weight is 243 g/mol. The lowest BCUT2D eigenvalue weighted by Crippen LogP contribution is -2.41. The van der Waals surface area contributed by atoms with Crippen molar-refractivity contribution in [2.75, 3.05) is 13.1 Å². The molecule has 2 amide bonds. The second-order valence-corrected chi connectivity index (χ2v) is 4.38. The molecule has 2 aliphatic heterocycles. The van der Waals surface area contributed by atoms with E-state index < -0.39 is 0 Å². The molecule has 1 aromatic carbocycles. The molecule has 3 rings (SSSR count). The summed E-state index contributed by atoms with van der Waals surface area (Å²) in [5.74, 6) is 0.442. The summed E-state index contributed by atoms with van der Waals surface area (Å²) in [7, 11) is 0. The standard InChI is InChI=1S/C13H13N3O2/c17-11-6-7-14-13-15(12(18)9-16(11)13)8-10-4-2-1-3-5-10/h1-5H,6-9H2. The highest BCUT2D eigenvalue weighted by Crippen LogP contribution is 2.18. The monoisotopic (exact) mass is 243 g/mol. The van der Waals surface area contributed by atoms with E-state index >= 15 is 0 Å². The van der Waals surface area contributed by atoms with Gasteiger partial charge in [0.05, 0.1) is 13.1 Å². The van der Waals surface area contributed by atoms with E-state index in [1.807, 2.05) is 30.3 Å². The fourth-order valence-electron chi connectivity index (χ4n) is 2.23. The molecule has 0 atom stereocenters. The van der Waals surface area contributed by atoms with Crippen LogP contribution in [0, 0.1) is 0 Å². The Labute approximate surface area is 105 Å². The Morgan fingerprint density at radius 2 is 1.89 bits per heavy atom. The molecule has 0 aliphatic carbocycles. The molecule has 0 spiro atoms. The predicted molar refractivity (Wildman–Crippen MR) is 65.6 cm³/mol. The fraction of sp³-hybridized carbons (Fsp3) is 0.308. The van der Waals surface area contributed by atoms with Crippen LogP contribution in [0.5, 0.6) is 0 Å². The highest BCUT2D eigenvalue weighted by molar-refractivity contribution is 6.12. The molecule has 1 saturated heterocycles. The van der Waals surface area contributed by atoms with Crippen LogP contribution in [-0.4, -0.2) is 40.7 Å². The molecular weight excluding hydrogens is 230 g/mol. The Kier molecular flexibility index (Phi) is 2.59. The zero-order valence-electron chi connectivity index (χ0n) is 9.87. The minimum Gasteiger partial charge on any atom is -0.276 e. The maximum absolute atomic E-state index is 11.9. The lowest BCUT2D eigenvalue weighted by atomic mass is 10.2. The molecule has 0 N–H and O–H groups in total. The van der Waals surface area contributed by atoms with Gasteiger partial charge in [-0.15, -0.1) is 0 Å². The van der Waals surface area contributed by atoms with Gasteiger partial charge in [-0.3, -0.25) is 24.4 Å². The van der Waals surface area contributed by atoms with Crippen LogP contribution >= 0.6 is 0 Å². The summed E-state index contributed by atoms with van der Waals surface area (Å²) in [6.07, 6.45) is 0.399. The molecule has 1 aromatic rings. The summed E-state index contributed by atoms with van der Waals surface area (Å²) in [5.41, 5.74) is 1.04. The molecule has 1 fully saturated rings. The largest absolute Gasteiger partial charge is 0.276 e. The van der Waals surface area contributed by atoms with Gasteiger partial charge in [-0.25, -0.2) is 0 Å². The molecule has 0 saturated carbocycles. The van der Waals surface area contributed by atoms with Crippen LogP contribution < -0.4 is 0 Å². The van der Waals surface area contributed by atoms with E-state index in [0.29, 0.717) is 25.5 Å². The first-order chi connectivity index (χ1) is 8.75. The van der Waals surface area contributed by atoms with Crippen molar-refractivity contribution in [1.82, 2.24) is 9.80 Å². The van der Waals surface area contributed by atoms with E-state index in [-0.39, 0.29) is 18.4 Å². The van der Waals surface area contributed by atoms with Crippen LogP contribution in [0.1, 0.15) is 12.0 Å². The summed E-state index contributed by atoms with van der Waals surface area (Å²) in [6.45, 7) is 1.08. The first-order valence-corrected chi connectivity index (χ1v) is 5.95. The molecule has 2 aliphatic rings. The third-order valence-corrected chi connectivity index (χ3v) is 3.14. The van der Waals surface area contributed by atoms with Gasteiger partial charge in [0, 0.05) is 6.42 Å². The van der Waals surface area contributed by atoms with Crippen LogP contribution in [-0.2, 0) is 16.1 Å². The predicted octanol–water partition coefficient (Wildman–Crippen LogP) is 0.617. The zero-order valence-corrected chi connectivity index (χ0v) is 9.87. The second-order valence-electron chi connectivity index (χ2n) is 4.38. The van der Waals surface area contributed by atoms with Gasteiger partial charge in [0.1, 0.15) is 6.54 Å². The number of guanidine groups is 1. The molecule has 5 nitrogen and oxygen atoms in total. The minimum absolute atomic E-state index is 0.0103. The Balaban J connectivity index is 1.86. The zero-order chi connectivity index (χ0) is 12.5. The van der Waals surface area contributed by atoms with Gasteiger partial charge in [-0.2, -0.15) is 0 Å². The van der Waals surface area contributed by atoms with E-state index in [0.717, 1.165) is 5.56 Å². The summed E-state index contributed by atoms with van der Waals surface area (Å²) in [6, 6.07) is 9.72. The van der Waals surface area contributed by atoms with Gasteiger partial charge in [-0.1, -0.05) is 30.3 Å². The first-order valence-electron chi connectivity index (χ1n) is 5.95. The Bertz CT molecular complexity index is 524. The maximum atomic E-state index is 11.9. The number of hydrogen-bond donors (Lipinski definition) is 0. The lowest BCUT2D eigenvalue weighted by molar-refractivity contribution is -0.131. The number of carbonyl (C=O) groups is 2. The van der Waals surface area contributed by atoms with Crippen molar-refractivity contribution < 1.29 is 9.59 Å². The van der Waals surface area contributed by atoms with E-state index in [1.54, 1.807) is 4.90 Å². The number of amides is 2. The number of fused-ring (bicyclic) bond motifs is 1. The molecule has 92 valence electrons. The van der Waals surface area contributed by atoms with Crippen molar-refractivity contribution in [2.45, 2.75) is 13.0 Å². The number of aliphatic imine (C=N–C) groups is 1. The number of benzene rings is 1. The molecule has 0 radical (unpaired) electrons. The number of hydrogen-bond acceptors (Lipinski definition) is 3. The maximum Gasteiger partial charge on any atom is 0.249 e. The Morgan fingerprint density at radius 1 is 1.11 bits per heavy atom. The van der Waals surface area contributed by atoms with Crippen molar-refractivity contribution in [3.63, 3.8) is 0 Å². The van der Waals surface area contributed by atoms with Crippen molar-refractivity contribution in [1.29, 1.82) is 0 Å². The quantitative estimate of drug-likeness (QED) is 0.764. The highest BCUT2D eigenvalue weighted by atomic mass is 16.2. The Morgan fingerprint density at radius 3 is 2.67 bits per heavy atom. The topological polar surface area (TPSA) is 53.0 Å². The van der Waals surface area contributed by atoms with Crippen LogP contribution in [0.15, 0.2) is 35.3 Å². The third-order valence-electron chi connectivity index (χ3n) is 3.14. The number of rotatable bonds is 2. The number of carbonyl (C=O) groups excluding carboxylic acids is 2. The summed E-state index contributed by atoms with van der Waals surface area (Å²) < 4.78 is 0. The van der Waals surface area contributed by atoms with Gasteiger partial charge < -0.3 is 0 Å².